The molecule has 0 aliphatic carbocycles. The Labute approximate surface area is 201 Å². The first kappa shape index (κ1) is 24.8. The molecule has 10 heteroatoms. The summed E-state index contributed by atoms with van der Waals surface area (Å²) >= 11 is 0. The van der Waals surface area contributed by atoms with Crippen molar-refractivity contribution >= 4 is 29.4 Å². The highest BCUT2D eigenvalue weighted by Crippen LogP contribution is 2.28. The first-order valence-corrected chi connectivity index (χ1v) is 10.3. The van der Waals surface area contributed by atoms with Crippen molar-refractivity contribution in [2.75, 3.05) is 19.5 Å². The number of benzene rings is 3. The molecule has 3 amide bonds. The molecule has 0 unspecified atom stereocenters. The van der Waals surface area contributed by atoms with Crippen LogP contribution >= 0.6 is 0 Å². The third-order valence-corrected chi connectivity index (χ3v) is 4.68. The van der Waals surface area contributed by atoms with Crippen LogP contribution in [0.1, 0.15) is 38.0 Å². The average molecular weight is 477 g/mol. The van der Waals surface area contributed by atoms with E-state index >= 15 is 0 Å². The van der Waals surface area contributed by atoms with E-state index in [1.807, 2.05) is 0 Å². The zero-order chi connectivity index (χ0) is 25.4. The zero-order valence-corrected chi connectivity index (χ0v) is 19.2. The molecule has 3 rings (SSSR count). The van der Waals surface area contributed by atoms with Crippen LogP contribution in [0.5, 0.6) is 17.2 Å². The number of hydrogen-bond acceptors (Lipinski definition) is 7. The molecule has 10 nitrogen and oxygen atoms in total. The minimum Gasteiger partial charge on any atom is -0.497 e. The number of hydrogen-bond donors (Lipinski definition) is 3. The Balaban J connectivity index is 1.65. The van der Waals surface area contributed by atoms with E-state index in [1.165, 1.54) is 57.5 Å². The predicted molar refractivity (Wildman–Crippen MR) is 127 cm³/mol. The van der Waals surface area contributed by atoms with Crippen molar-refractivity contribution in [3.63, 3.8) is 0 Å². The van der Waals surface area contributed by atoms with Gasteiger partial charge in [-0.05, 0) is 54.6 Å². The van der Waals surface area contributed by atoms with Gasteiger partial charge in [0, 0.05) is 29.3 Å². The van der Waals surface area contributed by atoms with E-state index < -0.39 is 23.7 Å². The monoisotopic (exact) mass is 477 g/mol. The number of rotatable bonds is 7. The Morgan fingerprint density at radius 2 is 1.29 bits per heavy atom. The molecule has 0 aliphatic rings. The molecule has 0 saturated carbocycles. The molecule has 0 heterocycles. The summed E-state index contributed by atoms with van der Waals surface area (Å²) in [6.07, 6.45) is 0. The lowest BCUT2D eigenvalue weighted by Gasteiger charge is -2.11. The highest BCUT2D eigenvalue weighted by Gasteiger charge is 2.14. The molecule has 0 fully saturated rings. The summed E-state index contributed by atoms with van der Waals surface area (Å²) in [6.45, 7) is 1.26. The topological polar surface area (TPSA) is 132 Å². The number of anilines is 1. The normalized spacial score (nSPS) is 10.0. The fraction of sp³-hybridized carbons (Fsp3) is 0.120. The van der Waals surface area contributed by atoms with Gasteiger partial charge in [-0.2, -0.15) is 0 Å². The number of ether oxygens (including phenoxy) is 3. The zero-order valence-electron chi connectivity index (χ0n) is 19.2. The lowest BCUT2D eigenvalue weighted by molar-refractivity contribution is -0.132. The van der Waals surface area contributed by atoms with Gasteiger partial charge in [0.2, 0.25) is 0 Å². The number of amides is 3. The number of methoxy groups -OCH3 is 2. The van der Waals surface area contributed by atoms with Gasteiger partial charge in [-0.15, -0.1) is 0 Å². The molecule has 3 aromatic carbocycles. The van der Waals surface area contributed by atoms with Gasteiger partial charge >= 0.3 is 5.97 Å². The van der Waals surface area contributed by atoms with Gasteiger partial charge in [-0.3, -0.25) is 30.0 Å². The van der Waals surface area contributed by atoms with Gasteiger partial charge in [-0.1, -0.05) is 12.1 Å². The lowest BCUT2D eigenvalue weighted by atomic mass is 10.1. The summed E-state index contributed by atoms with van der Waals surface area (Å²) < 4.78 is 15.3. The van der Waals surface area contributed by atoms with E-state index in [2.05, 4.69) is 16.2 Å². The van der Waals surface area contributed by atoms with E-state index in [-0.39, 0.29) is 22.6 Å². The Kier molecular flexibility index (Phi) is 8.02. The molecule has 0 atom stereocenters. The van der Waals surface area contributed by atoms with Gasteiger partial charge in [0.1, 0.15) is 5.75 Å². The maximum atomic E-state index is 12.7. The van der Waals surface area contributed by atoms with Crippen LogP contribution in [-0.2, 0) is 4.79 Å². The van der Waals surface area contributed by atoms with Crippen molar-refractivity contribution in [3.05, 3.63) is 83.4 Å². The summed E-state index contributed by atoms with van der Waals surface area (Å²) in [6, 6.07) is 17.0. The van der Waals surface area contributed by atoms with Crippen LogP contribution in [0.3, 0.4) is 0 Å². The number of hydrazine groups is 1. The maximum Gasteiger partial charge on any atom is 0.308 e. The van der Waals surface area contributed by atoms with Crippen molar-refractivity contribution in [2.24, 2.45) is 0 Å². The summed E-state index contributed by atoms with van der Waals surface area (Å²) in [7, 11) is 2.87. The average Bonchev–Trinajstić information content (AvgIpc) is 2.87. The Morgan fingerprint density at radius 3 is 1.91 bits per heavy atom. The molecule has 0 saturated heterocycles. The second-order valence-electron chi connectivity index (χ2n) is 7.13. The molecule has 0 aromatic heterocycles. The summed E-state index contributed by atoms with van der Waals surface area (Å²) in [5.41, 5.74) is 5.78. The number of esters is 1. The number of nitrogens with one attached hydrogen (secondary N) is 3. The first-order valence-electron chi connectivity index (χ1n) is 10.3. The quantitative estimate of drug-likeness (QED) is 0.271. The van der Waals surface area contributed by atoms with Crippen LogP contribution in [0.15, 0.2) is 66.7 Å². The fourth-order valence-electron chi connectivity index (χ4n) is 3.01. The minimum atomic E-state index is -0.579. The largest absolute Gasteiger partial charge is 0.497 e. The first-order chi connectivity index (χ1) is 16.8. The summed E-state index contributed by atoms with van der Waals surface area (Å²) in [4.78, 5) is 48.6. The van der Waals surface area contributed by atoms with E-state index in [0.717, 1.165) is 0 Å². The smallest absolute Gasteiger partial charge is 0.308 e. The SMILES string of the molecule is COc1cccc(C(=O)NNC(=O)c2cccc(NC(=O)c3ccc(OC(C)=O)c(OC)c3)c2)c1. The molecule has 3 aromatic rings. The van der Waals surface area contributed by atoms with E-state index in [1.54, 1.807) is 30.3 Å². The van der Waals surface area contributed by atoms with Gasteiger partial charge < -0.3 is 19.5 Å². The molecule has 0 bridgehead atoms. The Bertz CT molecular complexity index is 1270. The number of carbonyl (C=O) groups is 4. The second-order valence-corrected chi connectivity index (χ2v) is 7.13. The van der Waals surface area contributed by atoms with Crippen molar-refractivity contribution in [2.45, 2.75) is 6.92 Å². The molecule has 35 heavy (non-hydrogen) atoms. The van der Waals surface area contributed by atoms with Crippen LogP contribution in [0.4, 0.5) is 5.69 Å². The highest BCUT2D eigenvalue weighted by atomic mass is 16.6. The van der Waals surface area contributed by atoms with Crippen LogP contribution in [0, 0.1) is 0 Å². The van der Waals surface area contributed by atoms with E-state index in [9.17, 15) is 19.2 Å². The third-order valence-electron chi connectivity index (χ3n) is 4.68. The van der Waals surface area contributed by atoms with E-state index in [4.69, 9.17) is 14.2 Å². The minimum absolute atomic E-state index is 0.186. The predicted octanol–water partition coefficient (Wildman–Crippen LogP) is 2.96. The molecule has 3 N–H and O–H groups in total. The van der Waals surface area contributed by atoms with Gasteiger partial charge in [0.05, 0.1) is 14.2 Å². The van der Waals surface area contributed by atoms with Crippen LogP contribution in [-0.4, -0.2) is 37.9 Å². The molecule has 0 spiro atoms. The fourth-order valence-corrected chi connectivity index (χ4v) is 3.01. The molecule has 0 radical (unpaired) electrons. The molecule has 180 valence electrons. The van der Waals surface area contributed by atoms with E-state index in [0.29, 0.717) is 17.0 Å². The van der Waals surface area contributed by atoms with Crippen molar-refractivity contribution < 1.29 is 33.4 Å². The van der Waals surface area contributed by atoms with Crippen LogP contribution in [0.25, 0.3) is 0 Å². The maximum absolute atomic E-state index is 12.7. The highest BCUT2D eigenvalue weighted by molar-refractivity contribution is 6.05. The van der Waals surface area contributed by atoms with Crippen molar-refractivity contribution in [1.29, 1.82) is 0 Å². The van der Waals surface area contributed by atoms with Gasteiger partial charge in [0.15, 0.2) is 11.5 Å². The Hall–Kier alpha value is -4.86. The van der Waals surface area contributed by atoms with Crippen LogP contribution < -0.4 is 30.4 Å². The summed E-state index contributed by atoms with van der Waals surface area (Å²) in [5.74, 6) is -1.18. The molecule has 0 aliphatic heterocycles. The van der Waals surface area contributed by atoms with Crippen LogP contribution in [0.2, 0.25) is 0 Å². The van der Waals surface area contributed by atoms with Crippen molar-refractivity contribution in [1.82, 2.24) is 10.9 Å². The second kappa shape index (κ2) is 11.3. The van der Waals surface area contributed by atoms with Gasteiger partial charge in [-0.25, -0.2) is 0 Å². The third kappa shape index (κ3) is 6.57. The summed E-state index contributed by atoms with van der Waals surface area (Å²) in [5, 5.41) is 2.68. The standard InChI is InChI=1S/C25H23N3O7/c1-15(29)35-21-11-10-18(14-22(21)34-3)23(30)26-19-8-4-6-16(12-19)24(31)27-28-25(32)17-7-5-9-20(13-17)33-2/h4-14H,1-3H3,(H,26,30)(H,27,31)(H,28,32). The van der Waals surface area contributed by atoms with Gasteiger partial charge in [0.25, 0.3) is 17.7 Å². The van der Waals surface area contributed by atoms with Crippen molar-refractivity contribution in [3.8, 4) is 17.2 Å². The molecular weight excluding hydrogens is 454 g/mol. The molecular formula is C25H23N3O7. The Morgan fingerprint density at radius 1 is 0.657 bits per heavy atom. The lowest BCUT2D eigenvalue weighted by Crippen LogP contribution is -2.41. The number of carbonyl (C=O) groups excluding carboxylic acids is 4.